The van der Waals surface area contributed by atoms with Crippen molar-refractivity contribution in [3.05, 3.63) is 0 Å². The molecule has 1 aliphatic carbocycles. The molecule has 0 atom stereocenters. The molecule has 18 heavy (non-hydrogen) atoms. The van der Waals surface area contributed by atoms with Gasteiger partial charge in [-0.2, -0.15) is 0 Å². The molecular formula is C14H26N2O2. The van der Waals surface area contributed by atoms with Crippen molar-refractivity contribution < 1.29 is 9.90 Å². The number of nitrogens with zero attached hydrogens (tertiary/aromatic N) is 1. The van der Waals surface area contributed by atoms with Crippen LogP contribution in [0.1, 0.15) is 39.0 Å². The predicted molar refractivity (Wildman–Crippen MR) is 71.2 cm³/mol. The van der Waals surface area contributed by atoms with Gasteiger partial charge in [0, 0.05) is 13.1 Å². The summed E-state index contributed by atoms with van der Waals surface area (Å²) in [6.07, 6.45) is 5.58. The zero-order valence-electron chi connectivity index (χ0n) is 11.5. The molecule has 1 saturated heterocycles. The summed E-state index contributed by atoms with van der Waals surface area (Å²) in [6.45, 7) is 6.27. The largest absolute Gasteiger partial charge is 0.395 e. The molecule has 1 saturated carbocycles. The maximum Gasteiger partial charge on any atom is 0.228 e. The molecule has 2 aliphatic rings. The molecule has 0 aromatic heterocycles. The van der Waals surface area contributed by atoms with E-state index >= 15 is 0 Å². The molecule has 2 fully saturated rings. The quantitative estimate of drug-likeness (QED) is 0.743. The van der Waals surface area contributed by atoms with Crippen LogP contribution in [-0.2, 0) is 4.79 Å². The maximum absolute atomic E-state index is 11.8. The van der Waals surface area contributed by atoms with Crippen molar-refractivity contribution in [2.45, 2.75) is 39.0 Å². The number of piperidine rings is 1. The Kier molecular flexibility index (Phi) is 4.62. The summed E-state index contributed by atoms with van der Waals surface area (Å²) >= 11 is 0. The number of aliphatic hydroxyl groups is 1. The minimum Gasteiger partial charge on any atom is -0.395 e. The van der Waals surface area contributed by atoms with Crippen molar-refractivity contribution in [3.63, 3.8) is 0 Å². The highest BCUT2D eigenvalue weighted by atomic mass is 16.3. The molecule has 4 heteroatoms. The molecule has 1 aliphatic heterocycles. The van der Waals surface area contributed by atoms with Crippen LogP contribution in [0.15, 0.2) is 0 Å². The van der Waals surface area contributed by atoms with Gasteiger partial charge in [-0.15, -0.1) is 0 Å². The van der Waals surface area contributed by atoms with Crippen molar-refractivity contribution in [3.8, 4) is 0 Å². The van der Waals surface area contributed by atoms with Crippen LogP contribution >= 0.6 is 0 Å². The van der Waals surface area contributed by atoms with Gasteiger partial charge in [-0.05, 0) is 44.7 Å². The lowest BCUT2D eigenvalue weighted by Gasteiger charge is -2.31. The zero-order chi connectivity index (χ0) is 13.0. The highest BCUT2D eigenvalue weighted by Gasteiger charge is 2.49. The molecule has 4 nitrogen and oxygen atoms in total. The van der Waals surface area contributed by atoms with E-state index < -0.39 is 5.41 Å². The molecule has 0 unspecified atom stereocenters. The first-order chi connectivity index (χ1) is 8.70. The van der Waals surface area contributed by atoms with E-state index in [-0.39, 0.29) is 12.5 Å². The Morgan fingerprint density at radius 3 is 2.56 bits per heavy atom. The first-order valence-corrected chi connectivity index (χ1v) is 7.32. The molecule has 2 N–H and O–H groups in total. The second kappa shape index (κ2) is 6.02. The molecule has 0 aromatic carbocycles. The Hall–Kier alpha value is -0.610. The third-order valence-electron chi connectivity index (χ3n) is 4.64. The topological polar surface area (TPSA) is 52.6 Å². The summed E-state index contributed by atoms with van der Waals surface area (Å²) in [5.74, 6) is 0.952. The van der Waals surface area contributed by atoms with E-state index in [1.165, 1.54) is 32.4 Å². The van der Waals surface area contributed by atoms with Crippen molar-refractivity contribution in [2.75, 3.05) is 32.8 Å². The van der Waals surface area contributed by atoms with E-state index in [1.807, 2.05) is 0 Å². The molecule has 104 valence electrons. The third kappa shape index (κ3) is 3.23. The van der Waals surface area contributed by atoms with Crippen molar-refractivity contribution in [1.82, 2.24) is 10.2 Å². The number of likely N-dealkylation sites (tertiary alicyclic amines) is 1. The Bertz CT molecular complexity index is 282. The number of amides is 1. The standard InChI is InChI=1S/C14H26N2O2/c1-2-12-3-8-16(9-4-12)10-7-15-13(18)14(11-17)5-6-14/h12,17H,2-11H2,1H3,(H,15,18). The minimum atomic E-state index is -0.421. The highest BCUT2D eigenvalue weighted by Crippen LogP contribution is 2.45. The summed E-state index contributed by atoms with van der Waals surface area (Å²) in [5, 5.41) is 12.1. The van der Waals surface area contributed by atoms with Gasteiger partial charge in [0.2, 0.25) is 5.91 Å². The predicted octanol–water partition coefficient (Wildman–Crippen LogP) is 0.997. The molecule has 0 spiro atoms. The lowest BCUT2D eigenvalue weighted by Crippen LogP contribution is -2.42. The molecular weight excluding hydrogens is 228 g/mol. The van der Waals surface area contributed by atoms with Gasteiger partial charge in [-0.1, -0.05) is 13.3 Å². The molecule has 0 radical (unpaired) electrons. The van der Waals surface area contributed by atoms with Gasteiger partial charge < -0.3 is 15.3 Å². The summed E-state index contributed by atoms with van der Waals surface area (Å²) in [7, 11) is 0. The number of hydrogen-bond acceptors (Lipinski definition) is 3. The molecule has 0 bridgehead atoms. The van der Waals surface area contributed by atoms with Gasteiger partial charge in [0.05, 0.1) is 12.0 Å². The van der Waals surface area contributed by atoms with Crippen LogP contribution in [0.5, 0.6) is 0 Å². The molecule has 2 rings (SSSR count). The number of rotatable bonds is 6. The summed E-state index contributed by atoms with van der Waals surface area (Å²) < 4.78 is 0. The fourth-order valence-corrected chi connectivity index (χ4v) is 2.74. The average molecular weight is 254 g/mol. The summed E-state index contributed by atoms with van der Waals surface area (Å²) in [4.78, 5) is 14.2. The van der Waals surface area contributed by atoms with Crippen LogP contribution in [0.4, 0.5) is 0 Å². The zero-order valence-corrected chi connectivity index (χ0v) is 11.5. The molecule has 0 aromatic rings. The van der Waals surface area contributed by atoms with E-state index in [1.54, 1.807) is 0 Å². The fourth-order valence-electron chi connectivity index (χ4n) is 2.74. The van der Waals surface area contributed by atoms with Crippen LogP contribution in [0.2, 0.25) is 0 Å². The number of carbonyl (C=O) groups excluding carboxylic acids is 1. The van der Waals surface area contributed by atoms with Crippen LogP contribution < -0.4 is 5.32 Å². The smallest absolute Gasteiger partial charge is 0.228 e. The highest BCUT2D eigenvalue weighted by molar-refractivity contribution is 5.85. The second-order valence-electron chi connectivity index (χ2n) is 5.89. The minimum absolute atomic E-state index is 0.000722. The number of nitrogens with one attached hydrogen (secondary N) is 1. The van der Waals surface area contributed by atoms with E-state index in [0.717, 1.165) is 31.8 Å². The SMILES string of the molecule is CCC1CCN(CCNC(=O)C2(CO)CC2)CC1. The van der Waals surface area contributed by atoms with Crippen LogP contribution in [0.3, 0.4) is 0 Å². The molecule has 1 heterocycles. The Morgan fingerprint density at radius 1 is 1.39 bits per heavy atom. The number of carbonyl (C=O) groups is 1. The van der Waals surface area contributed by atoms with E-state index in [9.17, 15) is 4.79 Å². The Morgan fingerprint density at radius 2 is 2.06 bits per heavy atom. The summed E-state index contributed by atoms with van der Waals surface area (Å²) in [5.41, 5.74) is -0.421. The third-order valence-corrected chi connectivity index (χ3v) is 4.64. The Balaban J connectivity index is 1.60. The van der Waals surface area contributed by atoms with Gasteiger partial charge in [0.25, 0.3) is 0 Å². The van der Waals surface area contributed by atoms with Crippen LogP contribution in [0.25, 0.3) is 0 Å². The van der Waals surface area contributed by atoms with Gasteiger partial charge in [-0.25, -0.2) is 0 Å². The normalized spacial score (nSPS) is 23.9. The first kappa shape index (κ1) is 13.8. The van der Waals surface area contributed by atoms with Gasteiger partial charge in [0.15, 0.2) is 0 Å². The fraction of sp³-hybridized carbons (Fsp3) is 0.929. The van der Waals surface area contributed by atoms with Gasteiger partial charge in [0.1, 0.15) is 0 Å². The van der Waals surface area contributed by atoms with Gasteiger partial charge in [-0.3, -0.25) is 4.79 Å². The molecule has 1 amide bonds. The second-order valence-corrected chi connectivity index (χ2v) is 5.89. The van der Waals surface area contributed by atoms with E-state index in [4.69, 9.17) is 5.11 Å². The van der Waals surface area contributed by atoms with Gasteiger partial charge >= 0.3 is 0 Å². The van der Waals surface area contributed by atoms with Crippen molar-refractivity contribution in [1.29, 1.82) is 0 Å². The lowest BCUT2D eigenvalue weighted by atomic mass is 9.94. The lowest BCUT2D eigenvalue weighted by molar-refractivity contribution is -0.127. The Labute approximate surface area is 110 Å². The maximum atomic E-state index is 11.8. The van der Waals surface area contributed by atoms with Crippen LogP contribution in [0, 0.1) is 11.3 Å². The van der Waals surface area contributed by atoms with Crippen molar-refractivity contribution in [2.24, 2.45) is 11.3 Å². The van der Waals surface area contributed by atoms with Crippen molar-refractivity contribution >= 4 is 5.91 Å². The monoisotopic (exact) mass is 254 g/mol. The van der Waals surface area contributed by atoms with Crippen LogP contribution in [-0.4, -0.2) is 48.7 Å². The van der Waals surface area contributed by atoms with E-state index in [2.05, 4.69) is 17.1 Å². The first-order valence-electron chi connectivity index (χ1n) is 7.32. The number of aliphatic hydroxyl groups excluding tert-OH is 1. The van der Waals surface area contributed by atoms with E-state index in [0.29, 0.717) is 0 Å². The summed E-state index contributed by atoms with van der Waals surface area (Å²) in [6, 6.07) is 0. The number of hydrogen-bond donors (Lipinski definition) is 2. The average Bonchev–Trinajstić information content (AvgIpc) is 3.20.